The van der Waals surface area contributed by atoms with Gasteiger partial charge >= 0.3 is 0 Å². The number of benzene rings is 1. The summed E-state index contributed by atoms with van der Waals surface area (Å²) < 4.78 is 1.85. The lowest BCUT2D eigenvalue weighted by Crippen LogP contribution is -2.33. The molecule has 3 aromatic rings. The van der Waals surface area contributed by atoms with Gasteiger partial charge < -0.3 is 15.2 Å². The van der Waals surface area contributed by atoms with E-state index in [1.807, 2.05) is 59.3 Å². The standard InChI is InChI=1S/C19H21N5O2S2/c1-13(18(26)23(2)14-7-4-3-5-8-14)28-19-22-21-17(15-9-6-12-27-15)24(19)11-10-16(20)25/h3-9,12-13H,10-11H2,1-2H3,(H2,20,25). The van der Waals surface area contributed by atoms with Crippen molar-refractivity contribution in [3.8, 4) is 10.7 Å². The number of hydrogen-bond donors (Lipinski definition) is 1. The second-order valence-electron chi connectivity index (χ2n) is 6.14. The zero-order valence-electron chi connectivity index (χ0n) is 15.6. The van der Waals surface area contributed by atoms with Crippen molar-refractivity contribution in [1.82, 2.24) is 14.8 Å². The maximum absolute atomic E-state index is 12.8. The van der Waals surface area contributed by atoms with E-state index in [2.05, 4.69) is 10.2 Å². The first-order chi connectivity index (χ1) is 13.5. The van der Waals surface area contributed by atoms with Gasteiger partial charge in [-0.3, -0.25) is 9.59 Å². The Hall–Kier alpha value is -2.65. The fraction of sp³-hybridized carbons (Fsp3) is 0.263. The first kappa shape index (κ1) is 20.1. The van der Waals surface area contributed by atoms with Crippen LogP contribution in [0.15, 0.2) is 53.0 Å². The van der Waals surface area contributed by atoms with Gasteiger partial charge in [0.05, 0.1) is 10.1 Å². The summed E-state index contributed by atoms with van der Waals surface area (Å²) in [7, 11) is 1.75. The fourth-order valence-electron chi connectivity index (χ4n) is 2.65. The van der Waals surface area contributed by atoms with E-state index < -0.39 is 5.91 Å². The number of primary amides is 1. The molecule has 1 aromatic carbocycles. The Bertz CT molecular complexity index is 941. The minimum atomic E-state index is -0.394. The van der Waals surface area contributed by atoms with Crippen molar-refractivity contribution in [1.29, 1.82) is 0 Å². The second kappa shape index (κ2) is 9.03. The maximum atomic E-state index is 12.8. The Kier molecular flexibility index (Phi) is 6.48. The average Bonchev–Trinajstić information content (AvgIpc) is 3.35. The molecule has 1 unspecified atom stereocenters. The molecule has 2 heterocycles. The van der Waals surface area contributed by atoms with Crippen molar-refractivity contribution in [2.45, 2.75) is 30.3 Å². The molecule has 1 atom stereocenters. The van der Waals surface area contributed by atoms with Gasteiger partial charge in [-0.1, -0.05) is 36.0 Å². The number of carbonyl (C=O) groups excluding carboxylic acids is 2. The molecule has 28 heavy (non-hydrogen) atoms. The maximum Gasteiger partial charge on any atom is 0.240 e. The van der Waals surface area contributed by atoms with Crippen molar-refractivity contribution in [2.75, 3.05) is 11.9 Å². The Morgan fingerprint density at radius 1 is 1.21 bits per heavy atom. The zero-order valence-corrected chi connectivity index (χ0v) is 17.2. The SMILES string of the molecule is CC(Sc1nnc(-c2cccs2)n1CCC(N)=O)C(=O)N(C)c1ccccc1. The van der Waals surface area contributed by atoms with Gasteiger partial charge in [0.15, 0.2) is 11.0 Å². The first-order valence-electron chi connectivity index (χ1n) is 8.72. The topological polar surface area (TPSA) is 94.1 Å². The Morgan fingerprint density at radius 3 is 2.61 bits per heavy atom. The van der Waals surface area contributed by atoms with Crippen molar-refractivity contribution in [3.63, 3.8) is 0 Å². The lowest BCUT2D eigenvalue weighted by molar-refractivity contribution is -0.118. The third kappa shape index (κ3) is 4.60. The van der Waals surface area contributed by atoms with Crippen LogP contribution in [0.4, 0.5) is 5.69 Å². The second-order valence-corrected chi connectivity index (χ2v) is 8.40. The Labute approximate surface area is 171 Å². The van der Waals surface area contributed by atoms with Crippen LogP contribution >= 0.6 is 23.1 Å². The number of anilines is 1. The molecule has 3 rings (SSSR count). The van der Waals surface area contributed by atoms with Crippen LogP contribution in [0.25, 0.3) is 10.7 Å². The van der Waals surface area contributed by atoms with Crippen LogP contribution in [0, 0.1) is 0 Å². The monoisotopic (exact) mass is 415 g/mol. The highest BCUT2D eigenvalue weighted by molar-refractivity contribution is 8.00. The molecule has 0 saturated carbocycles. The first-order valence-corrected chi connectivity index (χ1v) is 10.5. The van der Waals surface area contributed by atoms with E-state index in [-0.39, 0.29) is 17.6 Å². The number of para-hydroxylation sites is 1. The minimum Gasteiger partial charge on any atom is -0.370 e. The summed E-state index contributed by atoms with van der Waals surface area (Å²) in [5, 5.41) is 10.7. The van der Waals surface area contributed by atoms with Crippen molar-refractivity contribution in [3.05, 3.63) is 47.8 Å². The number of thiophene rings is 1. The van der Waals surface area contributed by atoms with Crippen LogP contribution in [-0.2, 0) is 16.1 Å². The molecular formula is C19H21N5O2S2. The molecule has 2 N–H and O–H groups in total. The summed E-state index contributed by atoms with van der Waals surface area (Å²) in [6, 6.07) is 13.4. The van der Waals surface area contributed by atoms with Crippen LogP contribution < -0.4 is 10.6 Å². The number of hydrogen-bond acceptors (Lipinski definition) is 6. The van der Waals surface area contributed by atoms with Gasteiger partial charge in [-0.25, -0.2) is 0 Å². The molecule has 0 aliphatic carbocycles. The molecule has 0 radical (unpaired) electrons. The Morgan fingerprint density at radius 2 is 1.96 bits per heavy atom. The van der Waals surface area contributed by atoms with Crippen LogP contribution in [0.5, 0.6) is 0 Å². The lowest BCUT2D eigenvalue weighted by Gasteiger charge is -2.21. The summed E-state index contributed by atoms with van der Waals surface area (Å²) in [5.74, 6) is 0.239. The van der Waals surface area contributed by atoms with Crippen LogP contribution in [0.1, 0.15) is 13.3 Å². The highest BCUT2D eigenvalue weighted by Gasteiger charge is 2.24. The molecule has 0 bridgehead atoms. The average molecular weight is 416 g/mol. The quantitative estimate of drug-likeness (QED) is 0.571. The minimum absolute atomic E-state index is 0.0432. The molecule has 0 aliphatic rings. The molecule has 0 saturated heterocycles. The summed E-state index contributed by atoms with van der Waals surface area (Å²) in [6.07, 6.45) is 0.177. The predicted octanol–water partition coefficient (Wildman–Crippen LogP) is 3.03. The molecule has 7 nitrogen and oxygen atoms in total. The molecule has 2 amide bonds. The van der Waals surface area contributed by atoms with Gasteiger partial charge in [-0.2, -0.15) is 0 Å². The van der Waals surface area contributed by atoms with E-state index in [1.165, 1.54) is 11.8 Å². The smallest absolute Gasteiger partial charge is 0.240 e. The van der Waals surface area contributed by atoms with Crippen LogP contribution in [0.3, 0.4) is 0 Å². The van der Waals surface area contributed by atoms with Gasteiger partial charge in [0, 0.05) is 25.7 Å². The summed E-state index contributed by atoms with van der Waals surface area (Å²) in [5.41, 5.74) is 6.15. The van der Waals surface area contributed by atoms with Gasteiger partial charge in [0.25, 0.3) is 0 Å². The summed E-state index contributed by atoms with van der Waals surface area (Å²) >= 11 is 2.86. The largest absolute Gasteiger partial charge is 0.370 e. The van der Waals surface area contributed by atoms with E-state index in [0.717, 1.165) is 10.6 Å². The van der Waals surface area contributed by atoms with Crippen molar-refractivity contribution >= 4 is 40.6 Å². The van der Waals surface area contributed by atoms with Crippen molar-refractivity contribution in [2.24, 2.45) is 5.73 Å². The van der Waals surface area contributed by atoms with Gasteiger partial charge in [-0.05, 0) is 30.5 Å². The fourth-order valence-corrected chi connectivity index (χ4v) is 4.33. The molecule has 9 heteroatoms. The van der Waals surface area contributed by atoms with E-state index in [1.54, 1.807) is 23.3 Å². The van der Waals surface area contributed by atoms with Gasteiger partial charge in [0.2, 0.25) is 11.8 Å². The number of nitrogens with zero attached hydrogens (tertiary/aromatic N) is 4. The summed E-state index contributed by atoms with van der Waals surface area (Å²) in [6.45, 7) is 2.21. The lowest BCUT2D eigenvalue weighted by atomic mass is 10.3. The number of aromatic nitrogens is 3. The number of thioether (sulfide) groups is 1. The number of amides is 2. The predicted molar refractivity (Wildman–Crippen MR) is 112 cm³/mol. The van der Waals surface area contributed by atoms with Crippen LogP contribution in [-0.4, -0.2) is 38.9 Å². The van der Waals surface area contributed by atoms with Crippen LogP contribution in [0.2, 0.25) is 0 Å². The third-order valence-corrected chi connectivity index (χ3v) is 6.08. The number of rotatable bonds is 8. The van der Waals surface area contributed by atoms with E-state index in [0.29, 0.717) is 17.5 Å². The Balaban J connectivity index is 1.80. The molecule has 0 aliphatic heterocycles. The van der Waals surface area contributed by atoms with Crippen molar-refractivity contribution < 1.29 is 9.59 Å². The van der Waals surface area contributed by atoms with E-state index in [4.69, 9.17) is 5.73 Å². The van der Waals surface area contributed by atoms with E-state index >= 15 is 0 Å². The number of nitrogens with two attached hydrogens (primary N) is 1. The molecule has 0 spiro atoms. The van der Waals surface area contributed by atoms with Gasteiger partial charge in [-0.15, -0.1) is 21.5 Å². The molecule has 2 aromatic heterocycles. The third-order valence-electron chi connectivity index (χ3n) is 4.14. The summed E-state index contributed by atoms with van der Waals surface area (Å²) in [4.78, 5) is 26.7. The highest BCUT2D eigenvalue weighted by atomic mass is 32.2. The molecular weight excluding hydrogens is 394 g/mol. The normalized spacial score (nSPS) is 11.9. The van der Waals surface area contributed by atoms with E-state index in [9.17, 15) is 9.59 Å². The molecule has 146 valence electrons. The highest BCUT2D eigenvalue weighted by Crippen LogP contribution is 2.30. The van der Waals surface area contributed by atoms with Gasteiger partial charge in [0.1, 0.15) is 0 Å². The molecule has 0 fully saturated rings. The zero-order chi connectivity index (χ0) is 20.1. The number of carbonyl (C=O) groups is 2.